The molecule has 0 heterocycles. The summed E-state index contributed by atoms with van der Waals surface area (Å²) in [6, 6.07) is 10.9. The van der Waals surface area contributed by atoms with Crippen LogP contribution in [0, 0.1) is 19.7 Å². The van der Waals surface area contributed by atoms with Crippen molar-refractivity contribution >= 4 is 24.2 Å². The van der Waals surface area contributed by atoms with Gasteiger partial charge in [0.15, 0.2) is 0 Å². The van der Waals surface area contributed by atoms with Gasteiger partial charge in [-0.1, -0.05) is 30.4 Å². The van der Waals surface area contributed by atoms with Crippen LogP contribution >= 0.6 is 0 Å². The molecule has 2 nitrogen and oxygen atoms in total. The first-order chi connectivity index (χ1) is 11.0. The number of aliphatic imine (C=N–C) groups is 1. The lowest BCUT2D eigenvalue weighted by Crippen LogP contribution is -2.14. The number of aryl methyl sites for hydroxylation is 2. The summed E-state index contributed by atoms with van der Waals surface area (Å²) in [4.78, 5) is 6.56. The van der Waals surface area contributed by atoms with Gasteiger partial charge in [-0.3, -0.25) is 0 Å². The second-order valence-electron chi connectivity index (χ2n) is 5.67. The Bertz CT molecular complexity index is 732. The average molecular weight is 310 g/mol. The maximum absolute atomic E-state index is 13.7. The van der Waals surface area contributed by atoms with Gasteiger partial charge in [-0.15, -0.1) is 0 Å². The van der Waals surface area contributed by atoms with Gasteiger partial charge in [0.25, 0.3) is 0 Å². The lowest BCUT2D eigenvalue weighted by atomic mass is 10.0. The van der Waals surface area contributed by atoms with Crippen LogP contribution in [0.5, 0.6) is 0 Å². The molecule has 0 atom stereocenters. The summed E-state index contributed by atoms with van der Waals surface area (Å²) < 4.78 is 13.7. The summed E-state index contributed by atoms with van der Waals surface area (Å²) in [5.41, 5.74) is 4.86. The second-order valence-corrected chi connectivity index (χ2v) is 5.67. The Hall–Kier alpha value is -2.42. The van der Waals surface area contributed by atoms with Crippen LogP contribution in [0.3, 0.4) is 0 Å². The molecule has 0 saturated carbocycles. The molecule has 0 aliphatic rings. The molecule has 2 aromatic rings. The highest BCUT2D eigenvalue weighted by atomic mass is 19.1. The predicted molar refractivity (Wildman–Crippen MR) is 97.7 cm³/mol. The summed E-state index contributed by atoms with van der Waals surface area (Å²) in [7, 11) is 2.00. The van der Waals surface area contributed by atoms with Crippen molar-refractivity contribution in [3.05, 3.63) is 64.5 Å². The van der Waals surface area contributed by atoms with Crippen molar-refractivity contribution in [2.45, 2.75) is 20.8 Å². The van der Waals surface area contributed by atoms with Gasteiger partial charge in [0, 0.05) is 19.2 Å². The Morgan fingerprint density at radius 1 is 1.04 bits per heavy atom. The lowest BCUT2D eigenvalue weighted by Gasteiger charge is -2.10. The summed E-state index contributed by atoms with van der Waals surface area (Å²) in [6.07, 6.45) is 5.61. The normalized spacial score (nSPS) is 11.5. The fourth-order valence-corrected chi connectivity index (χ4v) is 2.17. The van der Waals surface area contributed by atoms with Crippen LogP contribution in [0.4, 0.5) is 10.1 Å². The van der Waals surface area contributed by atoms with Gasteiger partial charge < -0.3 is 4.90 Å². The highest BCUT2D eigenvalue weighted by Crippen LogP contribution is 2.24. The minimum absolute atomic E-state index is 0.207. The number of rotatable bonds is 5. The van der Waals surface area contributed by atoms with Crippen LogP contribution in [0.25, 0.3) is 12.2 Å². The third kappa shape index (κ3) is 4.52. The van der Waals surface area contributed by atoms with Crippen molar-refractivity contribution in [2.75, 3.05) is 13.6 Å². The molecule has 0 aromatic heterocycles. The summed E-state index contributed by atoms with van der Waals surface area (Å²) in [5, 5.41) is 0. The van der Waals surface area contributed by atoms with E-state index >= 15 is 0 Å². The van der Waals surface area contributed by atoms with Gasteiger partial charge in [0.2, 0.25) is 0 Å². The van der Waals surface area contributed by atoms with Crippen molar-refractivity contribution in [3.8, 4) is 0 Å². The van der Waals surface area contributed by atoms with Gasteiger partial charge in [0.1, 0.15) is 5.82 Å². The lowest BCUT2D eigenvalue weighted by molar-refractivity contribution is 0.552. The quantitative estimate of drug-likeness (QED) is 0.420. The van der Waals surface area contributed by atoms with E-state index in [2.05, 4.69) is 24.0 Å². The minimum atomic E-state index is -0.207. The van der Waals surface area contributed by atoms with E-state index in [1.807, 2.05) is 50.4 Å². The van der Waals surface area contributed by atoms with Gasteiger partial charge in [0.05, 0.1) is 12.0 Å². The topological polar surface area (TPSA) is 15.6 Å². The first kappa shape index (κ1) is 16.9. The zero-order valence-electron chi connectivity index (χ0n) is 14.2. The molecule has 0 unspecified atom stereocenters. The van der Waals surface area contributed by atoms with E-state index in [-0.39, 0.29) is 5.82 Å². The molecule has 3 heteroatoms. The van der Waals surface area contributed by atoms with Gasteiger partial charge in [-0.2, -0.15) is 0 Å². The Balaban J connectivity index is 2.26. The van der Waals surface area contributed by atoms with Crippen LogP contribution in [-0.4, -0.2) is 24.8 Å². The Morgan fingerprint density at radius 2 is 1.74 bits per heavy atom. The highest BCUT2D eigenvalue weighted by molar-refractivity contribution is 5.74. The van der Waals surface area contributed by atoms with Gasteiger partial charge in [-0.25, -0.2) is 9.38 Å². The number of hydrogen-bond acceptors (Lipinski definition) is 1. The molecule has 0 aliphatic heterocycles. The maximum Gasteiger partial charge on any atom is 0.130 e. The minimum Gasteiger partial charge on any atom is -0.366 e. The van der Waals surface area contributed by atoms with Crippen molar-refractivity contribution < 1.29 is 4.39 Å². The van der Waals surface area contributed by atoms with Crippen molar-refractivity contribution in [2.24, 2.45) is 4.99 Å². The zero-order valence-corrected chi connectivity index (χ0v) is 14.2. The fraction of sp³-hybridized carbons (Fsp3) is 0.250. The van der Waals surface area contributed by atoms with E-state index in [0.29, 0.717) is 5.56 Å². The second kappa shape index (κ2) is 7.73. The van der Waals surface area contributed by atoms with E-state index in [9.17, 15) is 4.39 Å². The molecule has 0 radical (unpaired) electrons. The summed E-state index contributed by atoms with van der Waals surface area (Å²) in [6.45, 7) is 7.09. The predicted octanol–water partition coefficient (Wildman–Crippen LogP) is 5.22. The van der Waals surface area contributed by atoms with Gasteiger partial charge >= 0.3 is 0 Å². The van der Waals surface area contributed by atoms with E-state index in [0.717, 1.165) is 28.9 Å². The van der Waals surface area contributed by atoms with Crippen LogP contribution in [0.2, 0.25) is 0 Å². The third-order valence-corrected chi connectivity index (χ3v) is 3.83. The smallest absolute Gasteiger partial charge is 0.130 e. The molecule has 0 N–H and O–H groups in total. The molecule has 0 bridgehead atoms. The maximum atomic E-state index is 13.7. The number of hydrogen-bond donors (Lipinski definition) is 0. The van der Waals surface area contributed by atoms with Crippen LogP contribution in [0.15, 0.2) is 41.4 Å². The van der Waals surface area contributed by atoms with Crippen molar-refractivity contribution in [1.82, 2.24) is 4.90 Å². The van der Waals surface area contributed by atoms with Crippen LogP contribution in [-0.2, 0) is 0 Å². The van der Waals surface area contributed by atoms with Crippen molar-refractivity contribution in [3.63, 3.8) is 0 Å². The fourth-order valence-electron chi connectivity index (χ4n) is 2.17. The Kier molecular flexibility index (Phi) is 5.69. The summed E-state index contributed by atoms with van der Waals surface area (Å²) >= 11 is 0. The molecule has 0 fully saturated rings. The average Bonchev–Trinajstić information content (AvgIpc) is 2.54. The molecular weight excluding hydrogens is 287 g/mol. The molecule has 23 heavy (non-hydrogen) atoms. The van der Waals surface area contributed by atoms with E-state index in [4.69, 9.17) is 0 Å². The van der Waals surface area contributed by atoms with Crippen molar-refractivity contribution in [1.29, 1.82) is 0 Å². The molecule has 2 aromatic carbocycles. The number of benzene rings is 2. The first-order valence-electron chi connectivity index (χ1n) is 7.79. The molecule has 2 rings (SSSR count). The van der Waals surface area contributed by atoms with E-state index in [1.165, 1.54) is 6.07 Å². The zero-order chi connectivity index (χ0) is 16.8. The van der Waals surface area contributed by atoms with Gasteiger partial charge in [-0.05, 0) is 55.7 Å². The van der Waals surface area contributed by atoms with E-state index in [1.54, 1.807) is 12.1 Å². The van der Waals surface area contributed by atoms with E-state index < -0.39 is 0 Å². The third-order valence-electron chi connectivity index (χ3n) is 3.83. The molecule has 0 amide bonds. The Labute approximate surface area is 138 Å². The van der Waals surface area contributed by atoms with Crippen LogP contribution in [0.1, 0.15) is 29.2 Å². The van der Waals surface area contributed by atoms with Crippen LogP contribution < -0.4 is 0 Å². The molecule has 120 valence electrons. The summed E-state index contributed by atoms with van der Waals surface area (Å²) in [5.74, 6) is -0.207. The number of nitrogens with zero attached hydrogens (tertiary/aromatic N) is 2. The molecular formula is C20H23FN2. The molecule has 0 saturated heterocycles. The standard InChI is InChI=1S/C20H23FN2/c1-5-23(4)14-22-20-13-15(2)18(12-16(20)3)11-10-17-8-6-7-9-19(17)21/h6-14H,5H2,1-4H3/b11-10-,22-14+. The first-order valence-corrected chi connectivity index (χ1v) is 7.79. The molecule has 0 aliphatic carbocycles. The highest BCUT2D eigenvalue weighted by Gasteiger charge is 2.02. The number of halogens is 1. The molecule has 0 spiro atoms. The SMILES string of the molecule is CCN(C)/C=N/c1cc(C)c(/C=C\c2ccccc2F)cc1C. The largest absolute Gasteiger partial charge is 0.366 e. The Morgan fingerprint density at radius 3 is 2.43 bits per heavy atom. The monoisotopic (exact) mass is 310 g/mol.